The fourth-order valence-corrected chi connectivity index (χ4v) is 1.88. The number of methoxy groups -OCH3 is 1. The third-order valence-electron chi connectivity index (χ3n) is 3.52. The Hall–Kier alpha value is -2.56. The Morgan fingerprint density at radius 3 is 2.29 bits per heavy atom. The van der Waals surface area contributed by atoms with Gasteiger partial charge in [-0.3, -0.25) is 9.59 Å². The molecule has 24 heavy (non-hydrogen) atoms. The maximum absolute atomic E-state index is 11.7. The lowest BCUT2D eigenvalue weighted by molar-refractivity contribution is -0.118. The zero-order valence-electron chi connectivity index (χ0n) is 14.6. The first-order valence-electron chi connectivity index (χ1n) is 8.08. The van der Waals surface area contributed by atoms with Gasteiger partial charge in [-0.25, -0.2) is 0 Å². The van der Waals surface area contributed by atoms with E-state index in [9.17, 15) is 9.59 Å². The highest BCUT2D eigenvalue weighted by Crippen LogP contribution is 2.12. The number of hydrogen-bond donors (Lipinski definition) is 2. The van der Waals surface area contributed by atoms with Gasteiger partial charge in [0.15, 0.2) is 0 Å². The van der Waals surface area contributed by atoms with Gasteiger partial charge in [0.1, 0.15) is 5.75 Å². The van der Waals surface area contributed by atoms with Crippen LogP contribution in [0.5, 0.6) is 5.75 Å². The summed E-state index contributed by atoms with van der Waals surface area (Å²) in [7, 11) is 1.62. The van der Waals surface area contributed by atoms with Gasteiger partial charge in [0, 0.05) is 24.7 Å². The quantitative estimate of drug-likeness (QED) is 0.540. The minimum atomic E-state index is -0.125. The summed E-state index contributed by atoms with van der Waals surface area (Å²) in [4.78, 5) is 23.2. The third kappa shape index (κ3) is 7.63. The van der Waals surface area contributed by atoms with Crippen LogP contribution >= 0.6 is 0 Å². The second-order valence-electron chi connectivity index (χ2n) is 5.33. The average Bonchev–Trinajstić information content (AvgIpc) is 2.62. The maximum atomic E-state index is 11.7. The Labute approximate surface area is 143 Å². The Bertz CT molecular complexity index is 589. The summed E-state index contributed by atoms with van der Waals surface area (Å²) in [5.41, 5.74) is 1.65. The van der Waals surface area contributed by atoms with Crippen molar-refractivity contribution < 1.29 is 14.3 Å². The number of carbonyl (C=O) groups is 2. The standard InChI is InChI=1S/C19H26N2O3/c1-4-15(2)19(23)21-14-6-5-13-20-18(22)12-9-16-7-10-17(24-3)11-8-16/h4,7-12H,5-6,13-14H2,1-3H3,(H,20,22)(H,21,23)/b12-9+,15-4+. The lowest BCUT2D eigenvalue weighted by atomic mass is 10.2. The largest absolute Gasteiger partial charge is 0.497 e. The van der Waals surface area contributed by atoms with Crippen molar-refractivity contribution in [1.82, 2.24) is 10.6 Å². The second kappa shape index (κ2) is 11.0. The van der Waals surface area contributed by atoms with Gasteiger partial charge in [0.2, 0.25) is 11.8 Å². The zero-order valence-corrected chi connectivity index (χ0v) is 14.6. The van der Waals surface area contributed by atoms with Crippen molar-refractivity contribution in [2.75, 3.05) is 20.2 Å². The highest BCUT2D eigenvalue weighted by molar-refractivity contribution is 5.92. The lowest BCUT2D eigenvalue weighted by Crippen LogP contribution is -2.27. The molecule has 0 saturated carbocycles. The van der Waals surface area contributed by atoms with Crippen LogP contribution in [0.15, 0.2) is 42.0 Å². The molecule has 0 radical (unpaired) electrons. The van der Waals surface area contributed by atoms with Crippen molar-refractivity contribution in [3.8, 4) is 5.75 Å². The van der Waals surface area contributed by atoms with Crippen molar-refractivity contribution in [3.05, 3.63) is 47.6 Å². The molecule has 0 heterocycles. The van der Waals surface area contributed by atoms with E-state index in [1.54, 1.807) is 26.2 Å². The molecule has 0 spiro atoms. The number of benzene rings is 1. The Morgan fingerprint density at radius 2 is 1.71 bits per heavy atom. The molecule has 2 amide bonds. The minimum Gasteiger partial charge on any atom is -0.497 e. The monoisotopic (exact) mass is 330 g/mol. The molecule has 130 valence electrons. The third-order valence-corrected chi connectivity index (χ3v) is 3.52. The van der Waals surface area contributed by atoms with Gasteiger partial charge in [-0.2, -0.15) is 0 Å². The normalized spacial score (nSPS) is 11.4. The summed E-state index contributed by atoms with van der Waals surface area (Å²) in [5.74, 6) is 0.622. The van der Waals surface area contributed by atoms with Crippen molar-refractivity contribution >= 4 is 17.9 Å². The Morgan fingerprint density at radius 1 is 1.08 bits per heavy atom. The smallest absolute Gasteiger partial charge is 0.246 e. The van der Waals surface area contributed by atoms with Crippen LogP contribution in [0.3, 0.4) is 0 Å². The SMILES string of the molecule is C/C=C(\C)C(=O)NCCCCNC(=O)/C=C/c1ccc(OC)cc1. The van der Waals surface area contributed by atoms with Crippen LogP contribution in [-0.2, 0) is 9.59 Å². The number of carbonyl (C=O) groups excluding carboxylic acids is 2. The van der Waals surface area contributed by atoms with Gasteiger partial charge in [0.25, 0.3) is 0 Å². The number of nitrogens with one attached hydrogen (secondary N) is 2. The molecule has 5 heteroatoms. The number of ether oxygens (including phenoxy) is 1. The molecule has 1 aromatic carbocycles. The summed E-state index contributed by atoms with van der Waals surface area (Å²) in [6.07, 6.45) is 6.70. The molecule has 0 aliphatic heterocycles. The molecule has 0 fully saturated rings. The highest BCUT2D eigenvalue weighted by atomic mass is 16.5. The van der Waals surface area contributed by atoms with E-state index in [-0.39, 0.29) is 11.8 Å². The zero-order chi connectivity index (χ0) is 17.8. The summed E-state index contributed by atoms with van der Waals surface area (Å²) >= 11 is 0. The molecule has 0 aliphatic carbocycles. The molecule has 1 aromatic rings. The average molecular weight is 330 g/mol. The van der Waals surface area contributed by atoms with Gasteiger partial charge < -0.3 is 15.4 Å². The molecular weight excluding hydrogens is 304 g/mol. The number of unbranched alkanes of at least 4 members (excludes halogenated alkanes) is 1. The first kappa shape index (κ1) is 19.5. The predicted octanol–water partition coefficient (Wildman–Crippen LogP) is 2.69. The first-order chi connectivity index (χ1) is 11.6. The van der Waals surface area contributed by atoms with E-state index in [0.717, 1.165) is 24.2 Å². The predicted molar refractivity (Wildman–Crippen MR) is 96.7 cm³/mol. The number of hydrogen-bond acceptors (Lipinski definition) is 3. The summed E-state index contributed by atoms with van der Waals surface area (Å²) in [6.45, 7) is 4.82. The van der Waals surface area contributed by atoms with Crippen molar-refractivity contribution in [2.45, 2.75) is 26.7 Å². The number of allylic oxidation sites excluding steroid dienone is 1. The molecular formula is C19H26N2O3. The highest BCUT2D eigenvalue weighted by Gasteiger charge is 2.01. The van der Waals surface area contributed by atoms with Gasteiger partial charge in [-0.05, 0) is 50.5 Å². The summed E-state index contributed by atoms with van der Waals surface area (Å²) < 4.78 is 5.08. The topological polar surface area (TPSA) is 67.4 Å². The summed E-state index contributed by atoms with van der Waals surface area (Å²) in [6, 6.07) is 7.47. The maximum Gasteiger partial charge on any atom is 0.246 e. The molecule has 0 bridgehead atoms. The fourth-order valence-electron chi connectivity index (χ4n) is 1.88. The van der Waals surface area contributed by atoms with Crippen LogP contribution in [0.25, 0.3) is 6.08 Å². The van der Waals surface area contributed by atoms with Crippen LogP contribution in [0.4, 0.5) is 0 Å². The molecule has 0 unspecified atom stereocenters. The second-order valence-corrected chi connectivity index (χ2v) is 5.33. The summed E-state index contributed by atoms with van der Waals surface area (Å²) in [5, 5.41) is 5.66. The van der Waals surface area contributed by atoms with E-state index in [1.807, 2.05) is 31.2 Å². The minimum absolute atomic E-state index is 0.0380. The van der Waals surface area contributed by atoms with Crippen LogP contribution < -0.4 is 15.4 Å². The van der Waals surface area contributed by atoms with E-state index in [4.69, 9.17) is 4.74 Å². The van der Waals surface area contributed by atoms with E-state index in [1.165, 1.54) is 6.08 Å². The van der Waals surface area contributed by atoms with E-state index in [2.05, 4.69) is 10.6 Å². The molecule has 0 aromatic heterocycles. The molecule has 1 rings (SSSR count). The van der Waals surface area contributed by atoms with Crippen LogP contribution in [-0.4, -0.2) is 32.0 Å². The van der Waals surface area contributed by atoms with E-state index >= 15 is 0 Å². The van der Waals surface area contributed by atoms with Crippen molar-refractivity contribution in [1.29, 1.82) is 0 Å². The van der Waals surface area contributed by atoms with Crippen molar-refractivity contribution in [3.63, 3.8) is 0 Å². The van der Waals surface area contributed by atoms with Crippen LogP contribution in [0.1, 0.15) is 32.3 Å². The van der Waals surface area contributed by atoms with Gasteiger partial charge >= 0.3 is 0 Å². The Balaban J connectivity index is 2.17. The van der Waals surface area contributed by atoms with Crippen molar-refractivity contribution in [2.24, 2.45) is 0 Å². The number of amides is 2. The molecule has 5 nitrogen and oxygen atoms in total. The van der Waals surface area contributed by atoms with Gasteiger partial charge in [0.05, 0.1) is 7.11 Å². The van der Waals surface area contributed by atoms with Gasteiger partial charge in [-0.1, -0.05) is 18.2 Å². The first-order valence-corrected chi connectivity index (χ1v) is 8.08. The molecule has 0 atom stereocenters. The Kier molecular flexibility index (Phi) is 8.97. The van der Waals surface area contributed by atoms with Crippen LogP contribution in [0, 0.1) is 0 Å². The number of rotatable bonds is 9. The lowest BCUT2D eigenvalue weighted by Gasteiger charge is -2.05. The van der Waals surface area contributed by atoms with E-state index in [0.29, 0.717) is 18.7 Å². The van der Waals surface area contributed by atoms with Gasteiger partial charge in [-0.15, -0.1) is 0 Å². The molecule has 2 N–H and O–H groups in total. The van der Waals surface area contributed by atoms with Crippen LogP contribution in [0.2, 0.25) is 0 Å². The molecule has 0 saturated heterocycles. The molecule has 0 aliphatic rings. The fraction of sp³-hybridized carbons (Fsp3) is 0.368. The van der Waals surface area contributed by atoms with E-state index < -0.39 is 0 Å².